The zero-order valence-electron chi connectivity index (χ0n) is 28.9. The van der Waals surface area contributed by atoms with Crippen molar-refractivity contribution in [3.8, 4) is 0 Å². The molecular weight excluding hydrogens is 674 g/mol. The summed E-state index contributed by atoms with van der Waals surface area (Å²) in [7, 11) is 0. The molecular formula is C32H61N7O12. The molecule has 296 valence electrons. The van der Waals surface area contributed by atoms with Gasteiger partial charge in [-0.05, 0) is 50.5 Å². The van der Waals surface area contributed by atoms with Crippen molar-refractivity contribution in [2.24, 2.45) is 46.2 Å². The second-order valence-corrected chi connectivity index (χ2v) is 14.7. The zero-order valence-corrected chi connectivity index (χ0v) is 28.9. The molecule has 3 heterocycles. The van der Waals surface area contributed by atoms with E-state index in [1.165, 1.54) is 0 Å². The number of nitrogens with two attached hydrogens (primary N) is 6. The molecule has 51 heavy (non-hydrogen) atoms. The molecule has 0 spiro atoms. The first kappa shape index (κ1) is 41.1. The summed E-state index contributed by atoms with van der Waals surface area (Å²) in [5.41, 5.74) is 36.3. The van der Waals surface area contributed by atoms with E-state index in [2.05, 4.69) is 5.32 Å². The lowest BCUT2D eigenvalue weighted by molar-refractivity contribution is -0.286. The Bertz CT molecular complexity index is 1100. The summed E-state index contributed by atoms with van der Waals surface area (Å²) < 4.78 is 36.4. The minimum absolute atomic E-state index is 0.0532. The van der Waals surface area contributed by atoms with Crippen LogP contribution in [0.5, 0.6) is 0 Å². The van der Waals surface area contributed by atoms with Gasteiger partial charge in [-0.2, -0.15) is 0 Å². The topological polar surface area (TPSA) is 345 Å². The van der Waals surface area contributed by atoms with Crippen molar-refractivity contribution in [2.75, 3.05) is 32.8 Å². The maximum Gasteiger partial charge on any atom is 0.187 e. The van der Waals surface area contributed by atoms with Crippen LogP contribution < -0.4 is 39.7 Å². The third kappa shape index (κ3) is 9.81. The summed E-state index contributed by atoms with van der Waals surface area (Å²) in [6.07, 6.45) is -9.45. The third-order valence-corrected chi connectivity index (χ3v) is 10.8. The van der Waals surface area contributed by atoms with E-state index in [0.29, 0.717) is 31.7 Å². The summed E-state index contributed by atoms with van der Waals surface area (Å²) in [5.74, 6) is 0.0794. The number of aliphatic hydroxyl groups excluding tert-OH is 6. The minimum Gasteiger partial charge on any atom is -0.394 e. The lowest BCUT2D eigenvalue weighted by Crippen LogP contribution is -2.64. The van der Waals surface area contributed by atoms with Crippen molar-refractivity contribution in [1.29, 1.82) is 0 Å². The van der Waals surface area contributed by atoms with Crippen molar-refractivity contribution in [2.45, 2.75) is 142 Å². The zero-order chi connectivity index (χ0) is 37.0. The average molecular weight is 736 g/mol. The second-order valence-electron chi connectivity index (χ2n) is 14.7. The van der Waals surface area contributed by atoms with E-state index in [4.69, 9.17) is 62.8 Å². The summed E-state index contributed by atoms with van der Waals surface area (Å²) in [6, 6.07) is -2.33. The van der Waals surface area contributed by atoms with Crippen LogP contribution in [-0.4, -0.2) is 174 Å². The van der Waals surface area contributed by atoms with Crippen LogP contribution in [-0.2, 0) is 28.4 Å². The number of ether oxygens (including phenoxy) is 6. The van der Waals surface area contributed by atoms with Crippen LogP contribution in [0.25, 0.3) is 0 Å². The van der Waals surface area contributed by atoms with Crippen LogP contribution in [0.2, 0.25) is 0 Å². The molecule has 0 aromatic carbocycles. The summed E-state index contributed by atoms with van der Waals surface area (Å²) in [4.78, 5) is 0. The van der Waals surface area contributed by atoms with Gasteiger partial charge in [-0.25, -0.2) is 0 Å². The normalized spacial score (nSPS) is 48.0. The Kier molecular flexibility index (Phi) is 15.0. The molecule has 0 radical (unpaired) electrons. The third-order valence-electron chi connectivity index (χ3n) is 10.8. The van der Waals surface area contributed by atoms with Crippen LogP contribution in [0.1, 0.15) is 32.1 Å². The Hall–Kier alpha value is -1.02. The number of hydrogen-bond acceptors (Lipinski definition) is 19. The highest BCUT2D eigenvalue weighted by atomic mass is 16.8. The molecule has 0 amide bonds. The highest BCUT2D eigenvalue weighted by Crippen LogP contribution is 2.37. The van der Waals surface area contributed by atoms with Crippen LogP contribution in [0, 0.1) is 11.8 Å². The van der Waals surface area contributed by atoms with Gasteiger partial charge in [0.2, 0.25) is 0 Å². The molecule has 0 aromatic heterocycles. The molecule has 2 saturated heterocycles. The van der Waals surface area contributed by atoms with E-state index in [-0.39, 0.29) is 25.2 Å². The fourth-order valence-electron chi connectivity index (χ4n) is 7.62. The van der Waals surface area contributed by atoms with Gasteiger partial charge in [0.05, 0.1) is 37.0 Å². The van der Waals surface area contributed by atoms with Gasteiger partial charge in [-0.15, -0.1) is 0 Å². The first-order valence-electron chi connectivity index (χ1n) is 18.1. The molecule has 5 aliphatic rings. The molecule has 5 rings (SSSR count). The van der Waals surface area contributed by atoms with Gasteiger partial charge in [0.1, 0.15) is 48.8 Å². The highest BCUT2D eigenvalue weighted by Gasteiger charge is 2.54. The number of aliphatic hydroxyl groups is 6. The van der Waals surface area contributed by atoms with Crippen LogP contribution in [0.4, 0.5) is 0 Å². The Morgan fingerprint density at radius 2 is 1.43 bits per heavy atom. The largest absolute Gasteiger partial charge is 0.394 e. The molecule has 19 N–H and O–H groups in total. The van der Waals surface area contributed by atoms with Gasteiger partial charge < -0.3 is 98.8 Å². The van der Waals surface area contributed by atoms with E-state index < -0.39 is 111 Å². The van der Waals surface area contributed by atoms with Gasteiger partial charge in [-0.1, -0.05) is 12.2 Å². The molecule has 2 saturated carbocycles. The fraction of sp³-hybridized carbons (Fsp3) is 0.938. The van der Waals surface area contributed by atoms with E-state index in [9.17, 15) is 30.6 Å². The Labute approximate surface area is 297 Å². The fourth-order valence-corrected chi connectivity index (χ4v) is 7.62. The summed E-state index contributed by atoms with van der Waals surface area (Å²) >= 11 is 0. The van der Waals surface area contributed by atoms with Crippen LogP contribution in [0.3, 0.4) is 0 Å². The Morgan fingerprint density at radius 1 is 0.745 bits per heavy atom. The molecule has 0 bridgehead atoms. The Morgan fingerprint density at radius 3 is 2.10 bits per heavy atom. The van der Waals surface area contributed by atoms with Crippen LogP contribution in [0.15, 0.2) is 12.2 Å². The highest BCUT2D eigenvalue weighted by molar-refractivity contribution is 5.05. The molecule has 3 aliphatic heterocycles. The minimum atomic E-state index is -1.56. The first-order chi connectivity index (χ1) is 24.3. The van der Waals surface area contributed by atoms with Crippen molar-refractivity contribution < 1.29 is 59.1 Å². The number of rotatable bonds is 16. The predicted molar refractivity (Wildman–Crippen MR) is 180 cm³/mol. The van der Waals surface area contributed by atoms with E-state index in [1.54, 1.807) is 6.08 Å². The van der Waals surface area contributed by atoms with Gasteiger partial charge in [0.15, 0.2) is 18.9 Å². The molecule has 19 nitrogen and oxygen atoms in total. The second kappa shape index (κ2) is 18.5. The molecule has 0 aromatic rings. The van der Waals surface area contributed by atoms with Crippen molar-refractivity contribution in [3.05, 3.63) is 12.2 Å². The van der Waals surface area contributed by atoms with Gasteiger partial charge in [-0.3, -0.25) is 0 Å². The predicted octanol–water partition coefficient (Wildman–Crippen LogP) is -6.30. The number of hydrogen-bond donors (Lipinski definition) is 13. The van der Waals surface area contributed by atoms with E-state index >= 15 is 0 Å². The summed E-state index contributed by atoms with van der Waals surface area (Å²) in [6.45, 7) is 0.625. The maximum absolute atomic E-state index is 11.7. The molecule has 2 aliphatic carbocycles. The van der Waals surface area contributed by atoms with Crippen molar-refractivity contribution in [3.63, 3.8) is 0 Å². The van der Waals surface area contributed by atoms with Gasteiger partial charge >= 0.3 is 0 Å². The average Bonchev–Trinajstić information content (AvgIpc) is 3.40. The van der Waals surface area contributed by atoms with E-state index in [1.807, 2.05) is 6.08 Å². The molecule has 18 atom stereocenters. The maximum atomic E-state index is 11.7. The van der Waals surface area contributed by atoms with Crippen molar-refractivity contribution in [1.82, 2.24) is 5.32 Å². The standard InChI is InChI=1S/C32H61N7O12/c33-8-16(41)2-1-14-7-19(37)27(49-30-18(36)4-3-17(46-30)11-39-10-13-5-15(35)6-13)29(23(14)42)51-32-26(45)28(21(12-40)48-32)50-31-22(38)25(44)24(43)20(9-34)47-31/h3-4,13-32,39-45H,1-2,5-12,33-38H2/t13?,14-,15?,16?,17+,18-,19+,20+,21-,22-,23+,24-,25-,26-,27-,28-,29-,30-,31-,32+/m1/s1. The van der Waals surface area contributed by atoms with Crippen molar-refractivity contribution >= 4 is 0 Å². The number of nitrogens with one attached hydrogen (secondary N) is 1. The molecule has 19 heteroatoms. The lowest BCUT2D eigenvalue weighted by Gasteiger charge is -2.46. The lowest BCUT2D eigenvalue weighted by atomic mass is 9.77. The monoisotopic (exact) mass is 735 g/mol. The summed E-state index contributed by atoms with van der Waals surface area (Å²) in [5, 5.41) is 67.5. The Balaban J connectivity index is 1.28. The van der Waals surface area contributed by atoms with E-state index in [0.717, 1.165) is 19.4 Å². The first-order valence-corrected chi connectivity index (χ1v) is 18.1. The quantitative estimate of drug-likeness (QED) is 0.0655. The van der Waals surface area contributed by atoms with Gasteiger partial charge in [0.25, 0.3) is 0 Å². The van der Waals surface area contributed by atoms with Gasteiger partial charge in [0, 0.05) is 31.7 Å². The SMILES string of the molecule is NCC(O)CC[C@@H]1C[C@H](N)[C@@H](O[C@H]2O[C@H](CNCC3CC(N)C3)C=C[C@H]2N)[C@H](O[C@@H]2O[C@H](CO)[C@@H](O[C@H]3O[C@@H](CN)[C@@H](O)[C@H](O)[C@H]3N)[C@H]2O)[C@H]1O. The molecule has 4 fully saturated rings. The molecule has 1 unspecified atom stereocenters. The smallest absolute Gasteiger partial charge is 0.187 e. The van der Waals surface area contributed by atoms with Crippen LogP contribution >= 0.6 is 0 Å².